The van der Waals surface area contributed by atoms with Crippen LogP contribution >= 0.6 is 0 Å². The third-order valence-corrected chi connectivity index (χ3v) is 5.36. The van der Waals surface area contributed by atoms with Crippen molar-refractivity contribution in [3.63, 3.8) is 0 Å². The van der Waals surface area contributed by atoms with Gasteiger partial charge in [-0.3, -0.25) is 10.1 Å². The molecule has 2 aromatic carbocycles. The van der Waals surface area contributed by atoms with E-state index in [0.29, 0.717) is 0 Å². The number of nitro benzene ring substituents is 1. The minimum atomic E-state index is -0.254. The Kier molecular flexibility index (Phi) is 4.22. The number of hydrogen-bond acceptors (Lipinski definition) is 2. The molecule has 0 N–H and O–H groups in total. The molecule has 0 aliphatic heterocycles. The Morgan fingerprint density at radius 2 is 1.64 bits per heavy atom. The summed E-state index contributed by atoms with van der Waals surface area (Å²) in [6.07, 6.45) is 7.89. The number of nitrogens with zero attached hydrogens (tertiary/aromatic N) is 1. The van der Waals surface area contributed by atoms with E-state index in [1.165, 1.54) is 35.1 Å². The molecule has 3 heteroatoms. The molecule has 2 aliphatic rings. The summed E-state index contributed by atoms with van der Waals surface area (Å²) in [5, 5.41) is 11.5. The normalized spacial score (nSPS) is 20.0. The zero-order valence-electron chi connectivity index (χ0n) is 14.2. The van der Waals surface area contributed by atoms with Crippen molar-refractivity contribution >= 4 is 11.3 Å². The van der Waals surface area contributed by atoms with E-state index in [1.807, 2.05) is 18.2 Å². The highest BCUT2D eigenvalue weighted by Gasteiger charge is 2.29. The minimum absolute atomic E-state index is 0.0775. The molecule has 1 unspecified atom stereocenters. The maximum absolute atomic E-state index is 11.5. The maximum atomic E-state index is 11.5. The van der Waals surface area contributed by atoms with Crippen LogP contribution in [0.2, 0.25) is 0 Å². The van der Waals surface area contributed by atoms with Crippen LogP contribution < -0.4 is 0 Å². The summed E-state index contributed by atoms with van der Waals surface area (Å²) in [6, 6.07) is 17.6. The largest absolute Gasteiger partial charge is 0.273 e. The van der Waals surface area contributed by atoms with Crippen LogP contribution in [0.4, 0.5) is 5.69 Å². The van der Waals surface area contributed by atoms with Crippen LogP contribution in [0.25, 0.3) is 5.57 Å². The topological polar surface area (TPSA) is 43.1 Å². The van der Waals surface area contributed by atoms with E-state index in [-0.39, 0.29) is 16.5 Å². The molecular weight excluding hydrogens is 310 g/mol. The van der Waals surface area contributed by atoms with Crippen LogP contribution in [0.15, 0.2) is 71.8 Å². The van der Waals surface area contributed by atoms with Crippen LogP contribution in [0.5, 0.6) is 0 Å². The van der Waals surface area contributed by atoms with Gasteiger partial charge in [-0.2, -0.15) is 0 Å². The van der Waals surface area contributed by atoms with Crippen molar-refractivity contribution in [2.45, 2.75) is 38.0 Å². The Morgan fingerprint density at radius 1 is 0.920 bits per heavy atom. The molecule has 0 heterocycles. The molecule has 2 aliphatic carbocycles. The van der Waals surface area contributed by atoms with Gasteiger partial charge in [0.15, 0.2) is 0 Å². The third-order valence-electron chi connectivity index (χ3n) is 5.36. The van der Waals surface area contributed by atoms with Gasteiger partial charge in [0.1, 0.15) is 0 Å². The summed E-state index contributed by atoms with van der Waals surface area (Å²) in [7, 11) is 0. The molecule has 0 saturated heterocycles. The highest BCUT2D eigenvalue weighted by Crippen LogP contribution is 2.46. The Labute approximate surface area is 147 Å². The summed E-state index contributed by atoms with van der Waals surface area (Å²) >= 11 is 0. The lowest BCUT2D eigenvalue weighted by Gasteiger charge is -2.30. The lowest BCUT2D eigenvalue weighted by Crippen LogP contribution is -2.13. The van der Waals surface area contributed by atoms with Crippen molar-refractivity contribution in [1.82, 2.24) is 0 Å². The zero-order valence-corrected chi connectivity index (χ0v) is 14.2. The van der Waals surface area contributed by atoms with Gasteiger partial charge in [0.05, 0.1) is 4.92 Å². The predicted octanol–water partition coefficient (Wildman–Crippen LogP) is 6.04. The summed E-state index contributed by atoms with van der Waals surface area (Å²) < 4.78 is 0. The van der Waals surface area contributed by atoms with Gasteiger partial charge in [0.2, 0.25) is 0 Å². The first-order chi connectivity index (χ1) is 12.2. The lowest BCUT2D eigenvalue weighted by molar-refractivity contribution is -0.385. The molecule has 4 rings (SSSR count). The third kappa shape index (κ3) is 3.02. The van der Waals surface area contributed by atoms with Crippen LogP contribution in [-0.2, 0) is 0 Å². The van der Waals surface area contributed by atoms with E-state index in [0.717, 1.165) is 24.8 Å². The fourth-order valence-electron chi connectivity index (χ4n) is 4.20. The maximum Gasteiger partial charge on any atom is 0.273 e. The predicted molar refractivity (Wildman–Crippen MR) is 100 cm³/mol. The van der Waals surface area contributed by atoms with E-state index in [9.17, 15) is 10.1 Å². The van der Waals surface area contributed by atoms with Gasteiger partial charge in [-0.15, -0.1) is 0 Å². The first-order valence-electron chi connectivity index (χ1n) is 8.96. The molecule has 0 bridgehead atoms. The molecule has 126 valence electrons. The summed E-state index contributed by atoms with van der Waals surface area (Å²) in [5.74, 6) is 0.0775. The molecule has 2 aromatic rings. The molecule has 0 saturated carbocycles. The smallest absolute Gasteiger partial charge is 0.258 e. The van der Waals surface area contributed by atoms with Crippen molar-refractivity contribution in [1.29, 1.82) is 0 Å². The molecule has 0 amide bonds. The van der Waals surface area contributed by atoms with Gasteiger partial charge < -0.3 is 0 Å². The minimum Gasteiger partial charge on any atom is -0.258 e. The van der Waals surface area contributed by atoms with E-state index in [1.54, 1.807) is 12.1 Å². The highest BCUT2D eigenvalue weighted by atomic mass is 16.6. The second-order valence-electron chi connectivity index (χ2n) is 6.86. The standard InChI is InChI=1S/C22H21NO2/c24-23(25)22-13-7-6-12-20(22)18-14-17-10-4-5-11-19(17)21(15-18)16-8-2-1-3-9-16/h1-3,6-9,12-13,15,18H,4-5,10-11,14H2. The zero-order chi connectivity index (χ0) is 17.2. The van der Waals surface area contributed by atoms with Crippen molar-refractivity contribution in [2.24, 2.45) is 0 Å². The van der Waals surface area contributed by atoms with Gasteiger partial charge in [0, 0.05) is 17.5 Å². The number of nitro groups is 1. The molecule has 25 heavy (non-hydrogen) atoms. The number of benzene rings is 2. The fourth-order valence-corrected chi connectivity index (χ4v) is 4.20. The first kappa shape index (κ1) is 15.8. The van der Waals surface area contributed by atoms with E-state index < -0.39 is 0 Å². The monoisotopic (exact) mass is 331 g/mol. The quantitative estimate of drug-likeness (QED) is 0.508. The van der Waals surface area contributed by atoms with Crippen LogP contribution in [0.3, 0.4) is 0 Å². The Balaban J connectivity index is 1.83. The summed E-state index contributed by atoms with van der Waals surface area (Å²) in [5.41, 5.74) is 6.54. The summed E-state index contributed by atoms with van der Waals surface area (Å²) in [4.78, 5) is 11.2. The van der Waals surface area contributed by atoms with Gasteiger partial charge in [-0.25, -0.2) is 0 Å². The molecule has 0 spiro atoms. The Bertz CT molecular complexity index is 865. The first-order valence-corrected chi connectivity index (χ1v) is 8.96. The summed E-state index contributed by atoms with van der Waals surface area (Å²) in [6.45, 7) is 0. The van der Waals surface area contributed by atoms with Gasteiger partial charge in [-0.05, 0) is 48.8 Å². The Morgan fingerprint density at radius 3 is 2.44 bits per heavy atom. The SMILES string of the molecule is O=[N+]([O-])c1ccccc1C1C=C(c2ccccc2)C2=C(CCCC2)C1. The second-order valence-corrected chi connectivity index (χ2v) is 6.86. The molecule has 0 radical (unpaired) electrons. The number of hydrogen-bond donors (Lipinski definition) is 0. The van der Waals surface area contributed by atoms with E-state index >= 15 is 0 Å². The van der Waals surface area contributed by atoms with Gasteiger partial charge in [0.25, 0.3) is 5.69 Å². The number of para-hydroxylation sites is 1. The molecule has 3 nitrogen and oxygen atoms in total. The highest BCUT2D eigenvalue weighted by molar-refractivity contribution is 5.82. The second kappa shape index (κ2) is 6.67. The van der Waals surface area contributed by atoms with Crippen molar-refractivity contribution in [2.75, 3.05) is 0 Å². The van der Waals surface area contributed by atoms with Crippen molar-refractivity contribution in [3.8, 4) is 0 Å². The number of rotatable bonds is 3. The van der Waals surface area contributed by atoms with Crippen molar-refractivity contribution < 1.29 is 4.92 Å². The molecular formula is C22H21NO2. The molecule has 1 atom stereocenters. The fraction of sp³-hybridized carbons (Fsp3) is 0.273. The molecule has 0 fully saturated rings. The lowest BCUT2D eigenvalue weighted by atomic mass is 9.74. The number of allylic oxidation sites excluding steroid dienone is 4. The van der Waals surface area contributed by atoms with Crippen LogP contribution in [0.1, 0.15) is 49.1 Å². The average molecular weight is 331 g/mol. The van der Waals surface area contributed by atoms with Crippen molar-refractivity contribution in [3.05, 3.63) is 93.1 Å². The van der Waals surface area contributed by atoms with E-state index in [2.05, 4.69) is 30.3 Å². The molecule has 0 aromatic heterocycles. The average Bonchev–Trinajstić information content (AvgIpc) is 2.67. The van der Waals surface area contributed by atoms with Crippen LogP contribution in [0, 0.1) is 10.1 Å². The van der Waals surface area contributed by atoms with Gasteiger partial charge >= 0.3 is 0 Å². The van der Waals surface area contributed by atoms with Gasteiger partial charge in [-0.1, -0.05) is 60.2 Å². The van der Waals surface area contributed by atoms with E-state index in [4.69, 9.17) is 0 Å². The van der Waals surface area contributed by atoms with Crippen LogP contribution in [-0.4, -0.2) is 4.92 Å². The Hall–Kier alpha value is -2.68.